The van der Waals surface area contributed by atoms with Crippen LogP contribution in [0.25, 0.3) is 27.1 Å². The summed E-state index contributed by atoms with van der Waals surface area (Å²) in [6.07, 6.45) is 5.70. The van der Waals surface area contributed by atoms with Gasteiger partial charge in [-0.15, -0.1) is 11.3 Å². The Balaban J connectivity index is 1.28. The van der Waals surface area contributed by atoms with Gasteiger partial charge in [0.05, 0.1) is 18.9 Å². The second-order valence-corrected chi connectivity index (χ2v) is 11.5. The van der Waals surface area contributed by atoms with Crippen molar-refractivity contribution < 1.29 is 9.53 Å². The van der Waals surface area contributed by atoms with E-state index in [-0.39, 0.29) is 11.9 Å². The number of hydrogen-bond acceptors (Lipinski definition) is 6. The normalized spacial score (nSPS) is 19.7. The maximum absolute atomic E-state index is 12.9. The summed E-state index contributed by atoms with van der Waals surface area (Å²) in [6, 6.07) is 2.02. The number of aromatic nitrogens is 4. The van der Waals surface area contributed by atoms with Gasteiger partial charge in [-0.3, -0.25) is 4.79 Å². The topological polar surface area (TPSA) is 87.5 Å². The Labute approximate surface area is 215 Å². The molecule has 2 aliphatic rings. The summed E-state index contributed by atoms with van der Waals surface area (Å²) >= 11 is 1.90. The molecule has 4 aromatic rings. The van der Waals surface area contributed by atoms with Crippen molar-refractivity contribution in [3.05, 3.63) is 40.2 Å². The van der Waals surface area contributed by atoms with Crippen molar-refractivity contribution in [1.82, 2.24) is 29.8 Å². The van der Waals surface area contributed by atoms with Crippen molar-refractivity contribution in [2.24, 2.45) is 0 Å². The molecule has 2 saturated heterocycles. The van der Waals surface area contributed by atoms with Gasteiger partial charge in [-0.05, 0) is 61.3 Å². The molecular formula is C27H34N6O2S. The monoisotopic (exact) mass is 506 g/mol. The number of ether oxygens (including phenoxy) is 1. The number of likely N-dealkylation sites (tertiary alicyclic amines) is 1. The van der Waals surface area contributed by atoms with Gasteiger partial charge in [-0.25, -0.2) is 9.50 Å². The van der Waals surface area contributed by atoms with Gasteiger partial charge in [0.1, 0.15) is 17.2 Å². The van der Waals surface area contributed by atoms with Crippen LogP contribution in [0.4, 0.5) is 0 Å². The number of carbonyl (C=O) groups is 1. The summed E-state index contributed by atoms with van der Waals surface area (Å²) in [4.78, 5) is 25.8. The number of rotatable bonds is 4. The van der Waals surface area contributed by atoms with E-state index in [1.807, 2.05) is 20.8 Å². The van der Waals surface area contributed by atoms with Crippen molar-refractivity contribution in [3.63, 3.8) is 0 Å². The van der Waals surface area contributed by atoms with Crippen LogP contribution in [0.3, 0.4) is 0 Å². The molecule has 6 rings (SSSR count). The zero-order chi connectivity index (χ0) is 25.0. The SMILES string of the molecule is Cc1c(C2CCN(C(=O)[C@H]3COCCN3)CC2)sc2[nH]c(-c3cc(C)c4ncnn4c3)c(C(C)C)c12. The average molecular weight is 507 g/mol. The van der Waals surface area contributed by atoms with E-state index in [1.165, 1.54) is 31.9 Å². The molecule has 8 nitrogen and oxygen atoms in total. The number of nitrogens with one attached hydrogen (secondary N) is 2. The Hall–Kier alpha value is -2.75. The van der Waals surface area contributed by atoms with Gasteiger partial charge in [0, 0.05) is 41.7 Å². The summed E-state index contributed by atoms with van der Waals surface area (Å²) in [5.74, 6) is 1.06. The highest BCUT2D eigenvalue weighted by atomic mass is 32.1. The number of pyridine rings is 1. The molecule has 0 aliphatic carbocycles. The summed E-state index contributed by atoms with van der Waals surface area (Å²) in [5, 5.41) is 9.05. The smallest absolute Gasteiger partial charge is 0.242 e. The van der Waals surface area contributed by atoms with Crippen LogP contribution in [0.5, 0.6) is 0 Å². The summed E-state index contributed by atoms with van der Waals surface area (Å²) in [5.41, 5.74) is 7.11. The van der Waals surface area contributed by atoms with Gasteiger partial charge in [0.25, 0.3) is 0 Å². The number of H-pyrrole nitrogens is 1. The van der Waals surface area contributed by atoms with Crippen molar-refractivity contribution in [2.45, 2.75) is 58.4 Å². The molecule has 0 aromatic carbocycles. The van der Waals surface area contributed by atoms with Crippen LogP contribution < -0.4 is 5.32 Å². The minimum atomic E-state index is -0.190. The van der Waals surface area contributed by atoms with Crippen LogP contribution in [-0.2, 0) is 9.53 Å². The molecule has 1 atom stereocenters. The lowest BCUT2D eigenvalue weighted by Gasteiger charge is -2.35. The van der Waals surface area contributed by atoms with E-state index in [0.717, 1.165) is 49.2 Å². The molecule has 1 amide bonds. The van der Waals surface area contributed by atoms with E-state index in [0.29, 0.717) is 25.0 Å². The van der Waals surface area contributed by atoms with Crippen LogP contribution >= 0.6 is 11.3 Å². The number of hydrogen-bond donors (Lipinski definition) is 2. The molecule has 0 radical (unpaired) electrons. The lowest BCUT2D eigenvalue weighted by molar-refractivity contribution is -0.137. The van der Waals surface area contributed by atoms with Gasteiger partial charge in [0.15, 0.2) is 5.65 Å². The standard InChI is InChI=1S/C27H34N6O2S/c1-15(2)21-22-17(4)24(18-5-8-32(9-6-18)27(34)20-13-35-10-7-28-20)36-26(22)31-23(21)19-11-16(3)25-29-14-30-33(25)12-19/h11-12,14-15,18,20,28,31H,5-10,13H2,1-4H3/t20-/m1/s1. The van der Waals surface area contributed by atoms with Crippen LogP contribution in [0.15, 0.2) is 18.6 Å². The Kier molecular flexibility index (Phi) is 6.09. The number of aryl methyl sites for hydroxylation is 2. The summed E-state index contributed by atoms with van der Waals surface area (Å²) in [7, 11) is 0. The van der Waals surface area contributed by atoms with E-state index < -0.39 is 0 Å². The Morgan fingerprint density at radius 3 is 2.78 bits per heavy atom. The minimum absolute atomic E-state index is 0.189. The van der Waals surface area contributed by atoms with Gasteiger partial charge in [0.2, 0.25) is 5.91 Å². The van der Waals surface area contributed by atoms with Gasteiger partial charge >= 0.3 is 0 Å². The maximum atomic E-state index is 12.9. The molecule has 190 valence electrons. The predicted molar refractivity (Wildman–Crippen MR) is 143 cm³/mol. The maximum Gasteiger partial charge on any atom is 0.242 e. The predicted octanol–water partition coefficient (Wildman–Crippen LogP) is 4.37. The fraction of sp³-hybridized carbons (Fsp3) is 0.519. The average Bonchev–Trinajstić information content (AvgIpc) is 3.59. The second kappa shape index (κ2) is 9.28. The van der Waals surface area contributed by atoms with E-state index >= 15 is 0 Å². The first kappa shape index (κ1) is 23.6. The number of morpholine rings is 1. The number of amides is 1. The quantitative estimate of drug-likeness (QED) is 0.429. The Morgan fingerprint density at radius 2 is 2.06 bits per heavy atom. The van der Waals surface area contributed by atoms with E-state index in [4.69, 9.17) is 4.74 Å². The number of thiophene rings is 1. The van der Waals surface area contributed by atoms with Crippen LogP contribution in [0, 0.1) is 13.8 Å². The van der Waals surface area contributed by atoms with E-state index in [2.05, 4.69) is 60.3 Å². The molecule has 2 aliphatic heterocycles. The number of nitrogens with zero attached hydrogens (tertiary/aromatic N) is 4. The molecule has 0 unspecified atom stereocenters. The molecule has 2 N–H and O–H groups in total. The van der Waals surface area contributed by atoms with Crippen LogP contribution in [-0.4, -0.2) is 69.3 Å². The van der Waals surface area contributed by atoms with Crippen LogP contribution in [0.2, 0.25) is 0 Å². The zero-order valence-corrected chi connectivity index (χ0v) is 22.2. The highest BCUT2D eigenvalue weighted by Gasteiger charge is 2.32. The number of aromatic amines is 1. The first-order chi connectivity index (χ1) is 17.4. The molecule has 36 heavy (non-hydrogen) atoms. The molecule has 0 bridgehead atoms. The largest absolute Gasteiger partial charge is 0.378 e. The first-order valence-electron chi connectivity index (χ1n) is 13.0. The van der Waals surface area contributed by atoms with Crippen molar-refractivity contribution in [2.75, 3.05) is 32.8 Å². The third-order valence-electron chi connectivity index (χ3n) is 7.78. The van der Waals surface area contributed by atoms with Gasteiger partial charge in [-0.1, -0.05) is 13.8 Å². The molecule has 4 aromatic heterocycles. The minimum Gasteiger partial charge on any atom is -0.378 e. The third-order valence-corrected chi connectivity index (χ3v) is 9.15. The number of fused-ring (bicyclic) bond motifs is 2. The van der Waals surface area contributed by atoms with E-state index in [9.17, 15) is 4.79 Å². The highest BCUT2D eigenvalue weighted by Crippen LogP contribution is 2.46. The molecule has 9 heteroatoms. The molecule has 0 spiro atoms. The third kappa shape index (κ3) is 3.93. The number of piperidine rings is 1. The lowest BCUT2D eigenvalue weighted by Crippen LogP contribution is -2.53. The zero-order valence-electron chi connectivity index (χ0n) is 21.4. The van der Waals surface area contributed by atoms with Crippen molar-refractivity contribution in [1.29, 1.82) is 0 Å². The van der Waals surface area contributed by atoms with Gasteiger partial charge in [-0.2, -0.15) is 5.10 Å². The molecule has 0 saturated carbocycles. The van der Waals surface area contributed by atoms with Crippen molar-refractivity contribution >= 4 is 33.1 Å². The summed E-state index contributed by atoms with van der Waals surface area (Å²) in [6.45, 7) is 12.5. The molecular weight excluding hydrogens is 472 g/mol. The van der Waals surface area contributed by atoms with Crippen molar-refractivity contribution in [3.8, 4) is 11.3 Å². The van der Waals surface area contributed by atoms with E-state index in [1.54, 1.807) is 6.33 Å². The van der Waals surface area contributed by atoms with Gasteiger partial charge < -0.3 is 19.9 Å². The van der Waals surface area contributed by atoms with Crippen LogP contribution in [0.1, 0.15) is 60.1 Å². The number of carbonyl (C=O) groups excluding carboxylic acids is 1. The Bertz CT molecular complexity index is 1420. The summed E-state index contributed by atoms with van der Waals surface area (Å²) < 4.78 is 7.37. The Morgan fingerprint density at radius 1 is 1.25 bits per heavy atom. The lowest BCUT2D eigenvalue weighted by atomic mass is 9.90. The first-order valence-corrected chi connectivity index (χ1v) is 13.8. The fourth-order valence-corrected chi connectivity index (χ4v) is 7.38. The molecule has 6 heterocycles. The molecule has 2 fully saturated rings. The fourth-order valence-electron chi connectivity index (χ4n) is 5.98. The second-order valence-electron chi connectivity index (χ2n) is 10.5. The highest BCUT2D eigenvalue weighted by molar-refractivity contribution is 7.19.